The summed E-state index contributed by atoms with van der Waals surface area (Å²) in [5.41, 5.74) is 2.40. The summed E-state index contributed by atoms with van der Waals surface area (Å²) >= 11 is 3.42. The highest BCUT2D eigenvalue weighted by molar-refractivity contribution is 9.10. The molecule has 0 aromatic heterocycles. The Labute approximate surface area is 123 Å². The molecule has 0 bridgehead atoms. The largest absolute Gasteiger partial charge is 0.395 e. The van der Waals surface area contributed by atoms with Crippen LogP contribution in [-0.2, 0) is 10.0 Å². The van der Waals surface area contributed by atoms with Crippen molar-refractivity contribution in [3.8, 4) is 0 Å². The lowest BCUT2D eigenvalue weighted by Crippen LogP contribution is -2.37. The van der Waals surface area contributed by atoms with Crippen LogP contribution >= 0.6 is 15.9 Å². The first kappa shape index (κ1) is 16.6. The average Bonchev–Trinajstić information content (AvgIpc) is 2.32. The minimum absolute atomic E-state index is 0.207. The molecule has 19 heavy (non-hydrogen) atoms. The van der Waals surface area contributed by atoms with Gasteiger partial charge in [-0.15, -0.1) is 0 Å². The molecule has 0 aliphatic carbocycles. The van der Waals surface area contributed by atoms with Crippen LogP contribution in [0, 0.1) is 20.8 Å². The van der Waals surface area contributed by atoms with Gasteiger partial charge in [-0.05, 0) is 43.9 Å². The van der Waals surface area contributed by atoms with Gasteiger partial charge in [0.05, 0.1) is 11.5 Å². The second-order valence-electron chi connectivity index (χ2n) is 4.69. The summed E-state index contributed by atoms with van der Waals surface area (Å²) in [6.07, 6.45) is 0.543. The summed E-state index contributed by atoms with van der Waals surface area (Å²) in [6, 6.07) is 1.38. The van der Waals surface area contributed by atoms with E-state index in [2.05, 4.69) is 20.7 Å². The van der Waals surface area contributed by atoms with E-state index in [1.54, 1.807) is 13.8 Å². The van der Waals surface area contributed by atoms with Crippen molar-refractivity contribution in [2.45, 2.75) is 45.1 Å². The molecule has 1 atom stereocenters. The van der Waals surface area contributed by atoms with E-state index in [0.29, 0.717) is 17.5 Å². The van der Waals surface area contributed by atoms with E-state index in [9.17, 15) is 8.42 Å². The van der Waals surface area contributed by atoms with Gasteiger partial charge in [0.25, 0.3) is 0 Å². The van der Waals surface area contributed by atoms with Crippen LogP contribution in [0.1, 0.15) is 30.0 Å². The summed E-state index contributed by atoms with van der Waals surface area (Å²) in [5.74, 6) is 0. The van der Waals surface area contributed by atoms with Gasteiger partial charge < -0.3 is 5.11 Å². The van der Waals surface area contributed by atoms with Crippen LogP contribution in [0.5, 0.6) is 0 Å². The van der Waals surface area contributed by atoms with Gasteiger partial charge in [0.15, 0.2) is 0 Å². The second-order valence-corrected chi connectivity index (χ2v) is 7.13. The third-order valence-corrected chi connectivity index (χ3v) is 6.14. The third-order valence-electron chi connectivity index (χ3n) is 3.11. The Kier molecular flexibility index (Phi) is 5.55. The fraction of sp³-hybridized carbons (Fsp3) is 0.538. The average molecular weight is 350 g/mol. The Morgan fingerprint density at radius 1 is 1.32 bits per heavy atom. The van der Waals surface area contributed by atoms with Crippen LogP contribution in [0.2, 0.25) is 0 Å². The van der Waals surface area contributed by atoms with E-state index in [-0.39, 0.29) is 11.5 Å². The highest BCUT2D eigenvalue weighted by Crippen LogP contribution is 2.30. The fourth-order valence-corrected chi connectivity index (χ4v) is 4.32. The van der Waals surface area contributed by atoms with Crippen LogP contribution in [-0.4, -0.2) is 26.2 Å². The first-order valence-corrected chi connectivity index (χ1v) is 8.41. The second kappa shape index (κ2) is 6.35. The van der Waals surface area contributed by atoms with Crippen molar-refractivity contribution in [1.29, 1.82) is 0 Å². The smallest absolute Gasteiger partial charge is 0.241 e. The summed E-state index contributed by atoms with van der Waals surface area (Å²) in [7, 11) is -3.62. The third kappa shape index (κ3) is 3.56. The van der Waals surface area contributed by atoms with Crippen molar-refractivity contribution in [2.75, 3.05) is 6.61 Å². The Hall–Kier alpha value is -0.430. The quantitative estimate of drug-likeness (QED) is 0.857. The molecule has 1 aromatic rings. The van der Waals surface area contributed by atoms with Gasteiger partial charge in [-0.2, -0.15) is 0 Å². The van der Waals surface area contributed by atoms with Gasteiger partial charge in [0, 0.05) is 10.5 Å². The summed E-state index contributed by atoms with van der Waals surface area (Å²) in [5, 5.41) is 9.14. The number of hydrogen-bond acceptors (Lipinski definition) is 3. The van der Waals surface area contributed by atoms with Crippen LogP contribution < -0.4 is 4.72 Å². The van der Waals surface area contributed by atoms with Crippen molar-refractivity contribution in [1.82, 2.24) is 4.72 Å². The van der Waals surface area contributed by atoms with Gasteiger partial charge in [0.2, 0.25) is 10.0 Å². The minimum Gasteiger partial charge on any atom is -0.395 e. The number of rotatable bonds is 5. The Morgan fingerprint density at radius 3 is 2.37 bits per heavy atom. The van der Waals surface area contributed by atoms with Crippen molar-refractivity contribution < 1.29 is 13.5 Å². The van der Waals surface area contributed by atoms with Crippen LogP contribution in [0.25, 0.3) is 0 Å². The molecule has 0 spiro atoms. The molecule has 2 N–H and O–H groups in total. The van der Waals surface area contributed by atoms with Gasteiger partial charge in [-0.3, -0.25) is 0 Å². The lowest BCUT2D eigenvalue weighted by molar-refractivity contribution is 0.254. The first-order chi connectivity index (χ1) is 8.74. The Bertz CT molecular complexity index is 566. The molecule has 0 heterocycles. The molecule has 1 aromatic carbocycles. The SMILES string of the molecule is CC[C@H](CO)NS(=O)(=O)c1c(C)cc(C)c(Br)c1C. The molecule has 4 nitrogen and oxygen atoms in total. The molecule has 0 fully saturated rings. The molecular formula is C13H20BrNO3S. The Balaban J connectivity index is 3.34. The van der Waals surface area contributed by atoms with Gasteiger partial charge in [-0.1, -0.05) is 28.9 Å². The van der Waals surface area contributed by atoms with Crippen molar-refractivity contribution in [3.05, 3.63) is 27.2 Å². The van der Waals surface area contributed by atoms with Crippen LogP contribution in [0.3, 0.4) is 0 Å². The molecule has 6 heteroatoms. The maximum absolute atomic E-state index is 12.4. The summed E-state index contributed by atoms with van der Waals surface area (Å²) in [6.45, 7) is 7.10. The highest BCUT2D eigenvalue weighted by atomic mass is 79.9. The summed E-state index contributed by atoms with van der Waals surface area (Å²) in [4.78, 5) is 0.289. The predicted octanol–water partition coefficient (Wildman–Crippen LogP) is 2.42. The van der Waals surface area contributed by atoms with Gasteiger partial charge in [-0.25, -0.2) is 13.1 Å². The number of aliphatic hydroxyl groups is 1. The lowest BCUT2D eigenvalue weighted by Gasteiger charge is -2.18. The maximum atomic E-state index is 12.4. The van der Waals surface area contributed by atoms with Crippen LogP contribution in [0.4, 0.5) is 0 Å². The van der Waals surface area contributed by atoms with Crippen molar-refractivity contribution in [2.24, 2.45) is 0 Å². The monoisotopic (exact) mass is 349 g/mol. The Morgan fingerprint density at radius 2 is 1.89 bits per heavy atom. The van der Waals surface area contributed by atoms with E-state index in [4.69, 9.17) is 5.11 Å². The normalized spacial score (nSPS) is 13.6. The zero-order valence-electron chi connectivity index (χ0n) is 11.6. The molecule has 0 unspecified atom stereocenters. The number of hydrogen-bond donors (Lipinski definition) is 2. The predicted molar refractivity (Wildman–Crippen MR) is 79.8 cm³/mol. The molecule has 0 aliphatic heterocycles. The maximum Gasteiger partial charge on any atom is 0.241 e. The zero-order valence-corrected chi connectivity index (χ0v) is 14.0. The number of aliphatic hydroxyl groups excluding tert-OH is 1. The topological polar surface area (TPSA) is 66.4 Å². The van der Waals surface area contributed by atoms with Gasteiger partial charge >= 0.3 is 0 Å². The number of sulfonamides is 1. The first-order valence-electron chi connectivity index (χ1n) is 6.14. The highest BCUT2D eigenvalue weighted by Gasteiger charge is 2.24. The molecule has 0 saturated heterocycles. The molecule has 0 radical (unpaired) electrons. The molecule has 0 aliphatic rings. The van der Waals surface area contributed by atoms with Crippen molar-refractivity contribution >= 4 is 26.0 Å². The number of aryl methyl sites for hydroxylation is 2. The molecule has 108 valence electrons. The van der Waals surface area contributed by atoms with E-state index in [1.165, 1.54) is 0 Å². The standard InChI is InChI=1S/C13H20BrNO3S/c1-5-11(7-16)15-19(17,18)13-9(3)6-8(2)12(14)10(13)4/h6,11,15-16H,5,7H2,1-4H3/t11-/m1/s1. The van der Waals surface area contributed by atoms with E-state index in [1.807, 2.05) is 19.9 Å². The van der Waals surface area contributed by atoms with E-state index < -0.39 is 16.1 Å². The van der Waals surface area contributed by atoms with E-state index >= 15 is 0 Å². The molecular weight excluding hydrogens is 330 g/mol. The fourth-order valence-electron chi connectivity index (χ4n) is 2.09. The van der Waals surface area contributed by atoms with Crippen molar-refractivity contribution in [3.63, 3.8) is 0 Å². The molecule has 0 amide bonds. The minimum atomic E-state index is -3.62. The van der Waals surface area contributed by atoms with Gasteiger partial charge in [0.1, 0.15) is 0 Å². The number of nitrogens with one attached hydrogen (secondary N) is 1. The molecule has 0 saturated carbocycles. The number of benzene rings is 1. The van der Waals surface area contributed by atoms with E-state index in [0.717, 1.165) is 10.0 Å². The van der Waals surface area contributed by atoms with Crippen LogP contribution in [0.15, 0.2) is 15.4 Å². The summed E-state index contributed by atoms with van der Waals surface area (Å²) < 4.78 is 28.2. The zero-order chi connectivity index (χ0) is 14.8. The lowest BCUT2D eigenvalue weighted by atomic mass is 10.1. The number of halogens is 1. The molecule has 1 rings (SSSR count).